The minimum atomic E-state index is 0.538. The summed E-state index contributed by atoms with van der Waals surface area (Å²) in [4.78, 5) is 0. The Hall–Kier alpha value is -0.0800. The lowest BCUT2D eigenvalue weighted by Gasteiger charge is -2.19. The third kappa shape index (κ3) is 12.2. The van der Waals surface area contributed by atoms with E-state index in [4.69, 9.17) is 0 Å². The molecule has 0 aliphatic rings. The van der Waals surface area contributed by atoms with Gasteiger partial charge in [0.25, 0.3) is 0 Å². The van der Waals surface area contributed by atoms with Crippen molar-refractivity contribution in [2.24, 2.45) is 0 Å². The van der Waals surface area contributed by atoms with Crippen molar-refractivity contribution in [3.63, 3.8) is 0 Å². The average Bonchev–Trinajstić information content (AvgIpc) is 2.34. The zero-order valence-electron chi connectivity index (χ0n) is 12.4. The van der Waals surface area contributed by atoms with Gasteiger partial charge in [-0.3, -0.25) is 0 Å². The van der Waals surface area contributed by atoms with Crippen molar-refractivity contribution in [3.8, 4) is 0 Å². The van der Waals surface area contributed by atoms with Crippen molar-refractivity contribution < 1.29 is 0 Å². The molecule has 17 heavy (non-hydrogen) atoms. The standard InChI is InChI=1S/C15H34N2/c1-4-7-8-9-10-11-12-13-15(16-6-3)17-14-5-2/h15-17H,4-14H2,1-3H3. The lowest BCUT2D eigenvalue weighted by molar-refractivity contribution is 0.392. The van der Waals surface area contributed by atoms with E-state index in [9.17, 15) is 0 Å². The molecule has 0 saturated heterocycles. The Labute approximate surface area is 109 Å². The molecule has 1 unspecified atom stereocenters. The molecule has 0 aliphatic carbocycles. The second-order valence-corrected chi connectivity index (χ2v) is 4.97. The van der Waals surface area contributed by atoms with Crippen LogP contribution in [0.4, 0.5) is 0 Å². The third-order valence-corrected chi connectivity index (χ3v) is 3.19. The molecule has 0 radical (unpaired) electrons. The second-order valence-electron chi connectivity index (χ2n) is 4.97. The minimum absolute atomic E-state index is 0.538. The fourth-order valence-electron chi connectivity index (χ4n) is 2.15. The van der Waals surface area contributed by atoms with Crippen LogP contribution < -0.4 is 10.6 Å². The maximum Gasteiger partial charge on any atom is 0.0571 e. The van der Waals surface area contributed by atoms with Gasteiger partial charge in [-0.1, -0.05) is 65.7 Å². The van der Waals surface area contributed by atoms with E-state index in [0.29, 0.717) is 6.17 Å². The molecule has 0 spiro atoms. The van der Waals surface area contributed by atoms with E-state index in [0.717, 1.165) is 13.1 Å². The van der Waals surface area contributed by atoms with Gasteiger partial charge >= 0.3 is 0 Å². The molecule has 104 valence electrons. The number of unbranched alkanes of at least 4 members (excludes halogenated alkanes) is 6. The first-order chi connectivity index (χ1) is 8.35. The predicted molar refractivity (Wildman–Crippen MR) is 78.4 cm³/mol. The predicted octanol–water partition coefficient (Wildman–Crippen LogP) is 4.06. The van der Waals surface area contributed by atoms with Gasteiger partial charge in [0.15, 0.2) is 0 Å². The number of hydrogen-bond donors (Lipinski definition) is 2. The Bertz CT molecular complexity index is 137. The van der Waals surface area contributed by atoms with Crippen LogP contribution >= 0.6 is 0 Å². The highest BCUT2D eigenvalue weighted by molar-refractivity contribution is 4.63. The Balaban J connectivity index is 3.34. The van der Waals surface area contributed by atoms with Crippen molar-refractivity contribution >= 4 is 0 Å². The van der Waals surface area contributed by atoms with Crippen molar-refractivity contribution in [2.45, 2.75) is 84.7 Å². The summed E-state index contributed by atoms with van der Waals surface area (Å²) in [6.45, 7) is 8.89. The van der Waals surface area contributed by atoms with E-state index in [-0.39, 0.29) is 0 Å². The molecule has 2 heteroatoms. The van der Waals surface area contributed by atoms with E-state index in [1.165, 1.54) is 57.8 Å². The van der Waals surface area contributed by atoms with Crippen molar-refractivity contribution in [2.75, 3.05) is 13.1 Å². The molecule has 1 atom stereocenters. The number of hydrogen-bond acceptors (Lipinski definition) is 2. The first kappa shape index (κ1) is 16.9. The summed E-state index contributed by atoms with van der Waals surface area (Å²) in [5.74, 6) is 0. The molecule has 0 aromatic carbocycles. The molecule has 0 saturated carbocycles. The summed E-state index contributed by atoms with van der Waals surface area (Å²) >= 11 is 0. The smallest absolute Gasteiger partial charge is 0.0571 e. The lowest BCUT2D eigenvalue weighted by Crippen LogP contribution is -2.42. The van der Waals surface area contributed by atoms with Crippen molar-refractivity contribution in [3.05, 3.63) is 0 Å². The maximum absolute atomic E-state index is 3.57. The van der Waals surface area contributed by atoms with Gasteiger partial charge < -0.3 is 10.6 Å². The Kier molecular flexibility index (Phi) is 13.9. The van der Waals surface area contributed by atoms with Crippen LogP contribution in [-0.2, 0) is 0 Å². The van der Waals surface area contributed by atoms with E-state index < -0.39 is 0 Å². The molecule has 0 aromatic rings. The first-order valence-electron chi connectivity index (χ1n) is 7.81. The van der Waals surface area contributed by atoms with Gasteiger partial charge in [0.1, 0.15) is 0 Å². The van der Waals surface area contributed by atoms with Crippen LogP contribution in [0.1, 0.15) is 78.6 Å². The van der Waals surface area contributed by atoms with Gasteiger partial charge in [0.05, 0.1) is 6.17 Å². The zero-order valence-corrected chi connectivity index (χ0v) is 12.4. The molecule has 0 aromatic heterocycles. The molecule has 0 rings (SSSR count). The largest absolute Gasteiger partial charge is 0.302 e. The molecule has 0 amide bonds. The summed E-state index contributed by atoms with van der Waals surface area (Å²) in [5.41, 5.74) is 0. The zero-order chi connectivity index (χ0) is 12.8. The van der Waals surface area contributed by atoms with Crippen molar-refractivity contribution in [1.29, 1.82) is 0 Å². The highest BCUT2D eigenvalue weighted by atomic mass is 15.1. The monoisotopic (exact) mass is 242 g/mol. The van der Waals surface area contributed by atoms with Crippen LogP contribution in [0.15, 0.2) is 0 Å². The van der Waals surface area contributed by atoms with Crippen LogP contribution in [0.25, 0.3) is 0 Å². The van der Waals surface area contributed by atoms with Crippen LogP contribution in [-0.4, -0.2) is 19.3 Å². The quantitative estimate of drug-likeness (QED) is 0.376. The minimum Gasteiger partial charge on any atom is -0.302 e. The van der Waals surface area contributed by atoms with Gasteiger partial charge in [-0.15, -0.1) is 0 Å². The summed E-state index contributed by atoms with van der Waals surface area (Å²) in [6.07, 6.45) is 12.9. The molecule has 0 fully saturated rings. The molecule has 2 nitrogen and oxygen atoms in total. The summed E-state index contributed by atoms with van der Waals surface area (Å²) in [7, 11) is 0. The number of rotatable bonds is 13. The third-order valence-electron chi connectivity index (χ3n) is 3.19. The number of nitrogens with one attached hydrogen (secondary N) is 2. The Morgan fingerprint density at radius 3 is 1.94 bits per heavy atom. The fourth-order valence-corrected chi connectivity index (χ4v) is 2.15. The van der Waals surface area contributed by atoms with Gasteiger partial charge in [0.2, 0.25) is 0 Å². The summed E-state index contributed by atoms with van der Waals surface area (Å²) in [6, 6.07) is 0. The van der Waals surface area contributed by atoms with Crippen LogP contribution in [0.5, 0.6) is 0 Å². The second kappa shape index (κ2) is 14.0. The topological polar surface area (TPSA) is 24.1 Å². The summed E-state index contributed by atoms with van der Waals surface area (Å²) in [5, 5.41) is 7.09. The Morgan fingerprint density at radius 1 is 0.706 bits per heavy atom. The molecule has 0 heterocycles. The highest BCUT2D eigenvalue weighted by Crippen LogP contribution is 2.09. The van der Waals surface area contributed by atoms with E-state index in [2.05, 4.69) is 31.4 Å². The highest BCUT2D eigenvalue weighted by Gasteiger charge is 2.04. The normalized spacial score (nSPS) is 12.9. The summed E-state index contributed by atoms with van der Waals surface area (Å²) < 4.78 is 0. The van der Waals surface area contributed by atoms with Crippen molar-refractivity contribution in [1.82, 2.24) is 10.6 Å². The van der Waals surface area contributed by atoms with E-state index in [1.807, 2.05) is 0 Å². The molecule has 0 bridgehead atoms. The van der Waals surface area contributed by atoms with Gasteiger partial charge in [-0.25, -0.2) is 0 Å². The molecule has 0 aliphatic heterocycles. The molecule has 2 N–H and O–H groups in total. The van der Waals surface area contributed by atoms with Crippen LogP contribution in [0, 0.1) is 0 Å². The van der Waals surface area contributed by atoms with Crippen LogP contribution in [0.3, 0.4) is 0 Å². The fraction of sp³-hybridized carbons (Fsp3) is 1.00. The molecular formula is C15H34N2. The van der Waals surface area contributed by atoms with Crippen LogP contribution in [0.2, 0.25) is 0 Å². The maximum atomic E-state index is 3.57. The van der Waals surface area contributed by atoms with Gasteiger partial charge in [0, 0.05) is 0 Å². The van der Waals surface area contributed by atoms with E-state index in [1.54, 1.807) is 0 Å². The van der Waals surface area contributed by atoms with Gasteiger partial charge in [-0.05, 0) is 25.9 Å². The van der Waals surface area contributed by atoms with E-state index >= 15 is 0 Å². The average molecular weight is 242 g/mol. The first-order valence-corrected chi connectivity index (χ1v) is 7.81. The molecular weight excluding hydrogens is 208 g/mol. The van der Waals surface area contributed by atoms with Gasteiger partial charge in [-0.2, -0.15) is 0 Å². The SMILES string of the molecule is CCCCCCCCCC(NCC)NCCC. The Morgan fingerprint density at radius 2 is 1.35 bits per heavy atom. The lowest BCUT2D eigenvalue weighted by atomic mass is 10.1.